The summed E-state index contributed by atoms with van der Waals surface area (Å²) in [6, 6.07) is 5.61. The summed E-state index contributed by atoms with van der Waals surface area (Å²) in [6.45, 7) is 1.94. The van der Waals surface area contributed by atoms with Crippen LogP contribution in [0.15, 0.2) is 18.2 Å². The van der Waals surface area contributed by atoms with E-state index in [-0.39, 0.29) is 5.92 Å². The smallest absolute Gasteiger partial charge is 0.306 e. The van der Waals surface area contributed by atoms with Crippen molar-refractivity contribution in [3.8, 4) is 5.75 Å². The summed E-state index contributed by atoms with van der Waals surface area (Å²) in [5.41, 5.74) is 1.72. The molecule has 4 heteroatoms. The van der Waals surface area contributed by atoms with Crippen LogP contribution in [0.2, 0.25) is 0 Å². The van der Waals surface area contributed by atoms with E-state index in [9.17, 15) is 15.0 Å². The maximum atomic E-state index is 11.2. The molecule has 0 saturated heterocycles. The van der Waals surface area contributed by atoms with Crippen LogP contribution in [0.3, 0.4) is 0 Å². The summed E-state index contributed by atoms with van der Waals surface area (Å²) >= 11 is 0. The van der Waals surface area contributed by atoms with Crippen molar-refractivity contribution in [3.05, 3.63) is 29.3 Å². The molecule has 4 nitrogen and oxygen atoms in total. The molecule has 1 aliphatic rings. The minimum absolute atomic E-state index is 0.229. The normalized spacial score (nSPS) is 24.2. The van der Waals surface area contributed by atoms with E-state index in [4.69, 9.17) is 4.74 Å². The second-order valence-electron chi connectivity index (χ2n) is 5.23. The number of hydrogen-bond donors (Lipinski definition) is 2. The number of aryl methyl sites for hydroxylation is 1. The summed E-state index contributed by atoms with van der Waals surface area (Å²) in [7, 11) is 1.56. The Labute approximate surface area is 113 Å². The fourth-order valence-corrected chi connectivity index (χ4v) is 2.99. The van der Waals surface area contributed by atoms with Crippen molar-refractivity contribution in [2.24, 2.45) is 11.8 Å². The van der Waals surface area contributed by atoms with E-state index in [0.29, 0.717) is 17.7 Å². The lowest BCUT2D eigenvalue weighted by Crippen LogP contribution is -2.24. The van der Waals surface area contributed by atoms with Crippen LogP contribution in [0.4, 0.5) is 0 Å². The molecule has 0 radical (unpaired) electrons. The van der Waals surface area contributed by atoms with Gasteiger partial charge in [0.15, 0.2) is 0 Å². The van der Waals surface area contributed by atoms with Gasteiger partial charge in [0.25, 0.3) is 0 Å². The zero-order chi connectivity index (χ0) is 14.0. The van der Waals surface area contributed by atoms with Crippen LogP contribution in [-0.4, -0.2) is 23.3 Å². The maximum Gasteiger partial charge on any atom is 0.306 e. The number of aliphatic hydroxyl groups is 1. The molecular formula is C15H20O4. The number of benzene rings is 1. The Morgan fingerprint density at radius 1 is 1.42 bits per heavy atom. The van der Waals surface area contributed by atoms with Gasteiger partial charge in [-0.1, -0.05) is 18.1 Å². The first kappa shape index (κ1) is 13.9. The van der Waals surface area contributed by atoms with Gasteiger partial charge in [0.2, 0.25) is 0 Å². The number of rotatable bonds is 4. The number of carboxylic acid groups (broad SMARTS) is 1. The Bertz CT molecular complexity index is 469. The largest absolute Gasteiger partial charge is 0.496 e. The van der Waals surface area contributed by atoms with Gasteiger partial charge in [-0.3, -0.25) is 4.79 Å². The molecule has 2 rings (SSSR count). The third-order valence-electron chi connectivity index (χ3n) is 4.00. The Morgan fingerprint density at radius 2 is 2.16 bits per heavy atom. The fourth-order valence-electron chi connectivity index (χ4n) is 2.99. The van der Waals surface area contributed by atoms with E-state index in [1.54, 1.807) is 7.11 Å². The monoisotopic (exact) mass is 264 g/mol. The number of aliphatic carboxylic acids is 1. The molecule has 2 N–H and O–H groups in total. The van der Waals surface area contributed by atoms with Crippen molar-refractivity contribution in [3.63, 3.8) is 0 Å². The van der Waals surface area contributed by atoms with E-state index in [1.807, 2.05) is 25.1 Å². The molecular weight excluding hydrogens is 244 g/mol. The molecule has 0 heterocycles. The SMILES string of the molecule is COc1ccc(C)cc1C(O)C1CCCC1C(=O)O. The predicted molar refractivity (Wildman–Crippen MR) is 71.2 cm³/mol. The number of aliphatic hydroxyl groups excluding tert-OH is 1. The molecule has 1 fully saturated rings. The summed E-state index contributed by atoms with van der Waals surface area (Å²) in [4.78, 5) is 11.2. The van der Waals surface area contributed by atoms with Crippen molar-refractivity contribution in [1.29, 1.82) is 0 Å². The molecule has 1 saturated carbocycles. The molecule has 0 aromatic heterocycles. The van der Waals surface area contributed by atoms with Crippen LogP contribution in [0.5, 0.6) is 5.75 Å². The lowest BCUT2D eigenvalue weighted by molar-refractivity contribution is -0.144. The van der Waals surface area contributed by atoms with Gasteiger partial charge in [0.1, 0.15) is 5.75 Å². The molecule has 0 spiro atoms. The van der Waals surface area contributed by atoms with E-state index in [0.717, 1.165) is 18.4 Å². The van der Waals surface area contributed by atoms with Crippen molar-refractivity contribution in [2.75, 3.05) is 7.11 Å². The molecule has 0 aliphatic heterocycles. The second kappa shape index (κ2) is 5.61. The number of carboxylic acids is 1. The van der Waals surface area contributed by atoms with Crippen LogP contribution >= 0.6 is 0 Å². The molecule has 19 heavy (non-hydrogen) atoms. The lowest BCUT2D eigenvalue weighted by atomic mass is 9.86. The molecule has 3 atom stereocenters. The summed E-state index contributed by atoms with van der Waals surface area (Å²) in [6.07, 6.45) is 1.46. The van der Waals surface area contributed by atoms with Crippen LogP contribution in [0.1, 0.15) is 36.5 Å². The minimum atomic E-state index is -0.812. The number of carbonyl (C=O) groups is 1. The third-order valence-corrected chi connectivity index (χ3v) is 4.00. The highest BCUT2D eigenvalue weighted by Crippen LogP contribution is 2.42. The van der Waals surface area contributed by atoms with E-state index >= 15 is 0 Å². The Balaban J connectivity index is 2.30. The van der Waals surface area contributed by atoms with Crippen molar-refractivity contribution >= 4 is 5.97 Å². The topological polar surface area (TPSA) is 66.8 Å². The van der Waals surface area contributed by atoms with E-state index in [1.165, 1.54) is 0 Å². The van der Waals surface area contributed by atoms with Crippen LogP contribution in [0.25, 0.3) is 0 Å². The first-order chi connectivity index (χ1) is 9.04. The molecule has 0 amide bonds. The van der Waals surface area contributed by atoms with Gasteiger partial charge in [-0.2, -0.15) is 0 Å². The van der Waals surface area contributed by atoms with Crippen molar-refractivity contribution in [2.45, 2.75) is 32.3 Å². The maximum absolute atomic E-state index is 11.2. The van der Waals surface area contributed by atoms with Crippen LogP contribution in [0, 0.1) is 18.8 Å². The zero-order valence-corrected chi connectivity index (χ0v) is 11.3. The first-order valence-electron chi connectivity index (χ1n) is 6.60. The summed E-state index contributed by atoms with van der Waals surface area (Å²) in [5, 5.41) is 19.8. The summed E-state index contributed by atoms with van der Waals surface area (Å²) in [5.74, 6) is -0.879. The molecule has 1 aromatic carbocycles. The highest BCUT2D eigenvalue weighted by atomic mass is 16.5. The van der Waals surface area contributed by atoms with Gasteiger partial charge < -0.3 is 14.9 Å². The molecule has 1 aromatic rings. The number of methoxy groups -OCH3 is 1. The molecule has 104 valence electrons. The Kier molecular flexibility index (Phi) is 4.10. The van der Waals surface area contributed by atoms with Gasteiger partial charge in [-0.25, -0.2) is 0 Å². The summed E-state index contributed by atoms with van der Waals surface area (Å²) < 4.78 is 5.27. The molecule has 0 bridgehead atoms. The first-order valence-corrected chi connectivity index (χ1v) is 6.60. The second-order valence-corrected chi connectivity index (χ2v) is 5.23. The van der Waals surface area contributed by atoms with Crippen molar-refractivity contribution < 1.29 is 19.7 Å². The van der Waals surface area contributed by atoms with Crippen LogP contribution < -0.4 is 4.74 Å². The lowest BCUT2D eigenvalue weighted by Gasteiger charge is -2.24. The average Bonchev–Trinajstić information content (AvgIpc) is 2.87. The van der Waals surface area contributed by atoms with E-state index < -0.39 is 18.0 Å². The van der Waals surface area contributed by atoms with Gasteiger partial charge in [-0.05, 0) is 31.9 Å². The van der Waals surface area contributed by atoms with Crippen LogP contribution in [-0.2, 0) is 4.79 Å². The third kappa shape index (κ3) is 2.73. The highest BCUT2D eigenvalue weighted by Gasteiger charge is 2.38. The zero-order valence-electron chi connectivity index (χ0n) is 11.3. The highest BCUT2D eigenvalue weighted by molar-refractivity contribution is 5.71. The average molecular weight is 264 g/mol. The minimum Gasteiger partial charge on any atom is -0.496 e. The van der Waals surface area contributed by atoms with Crippen molar-refractivity contribution in [1.82, 2.24) is 0 Å². The Morgan fingerprint density at radius 3 is 2.79 bits per heavy atom. The predicted octanol–water partition coefficient (Wildman–Crippen LogP) is 2.54. The fraction of sp³-hybridized carbons (Fsp3) is 0.533. The number of hydrogen-bond acceptors (Lipinski definition) is 3. The standard InChI is InChI=1S/C15H20O4/c1-9-6-7-13(19-2)12(8-9)14(16)10-4-3-5-11(10)15(17)18/h6-8,10-11,14,16H,3-5H2,1-2H3,(H,17,18). The van der Waals surface area contributed by atoms with Gasteiger partial charge >= 0.3 is 5.97 Å². The molecule has 3 unspecified atom stereocenters. The van der Waals surface area contributed by atoms with Gasteiger partial charge in [-0.15, -0.1) is 0 Å². The van der Waals surface area contributed by atoms with Gasteiger partial charge in [0, 0.05) is 11.5 Å². The molecule has 1 aliphatic carbocycles. The number of ether oxygens (including phenoxy) is 1. The van der Waals surface area contributed by atoms with Gasteiger partial charge in [0.05, 0.1) is 19.1 Å². The van der Waals surface area contributed by atoms with E-state index in [2.05, 4.69) is 0 Å². The quantitative estimate of drug-likeness (QED) is 0.877. The Hall–Kier alpha value is -1.55.